The molecule has 1 saturated carbocycles. The van der Waals surface area contributed by atoms with Gasteiger partial charge in [0.15, 0.2) is 0 Å². The standard InChI is InChI=1S/C16H28O2/c1-12(2)11-14(16(3,4)5)15(17)18-13-9-7-6-8-10-13/h11,13-14H,6-10H2,1-5H3. The first-order valence-corrected chi connectivity index (χ1v) is 7.16. The highest BCUT2D eigenvalue weighted by Gasteiger charge is 2.32. The second-order valence-corrected chi connectivity index (χ2v) is 6.78. The van der Waals surface area contributed by atoms with Crippen LogP contribution in [0, 0.1) is 11.3 Å². The van der Waals surface area contributed by atoms with Crippen LogP contribution in [-0.2, 0) is 9.53 Å². The Morgan fingerprint density at radius 3 is 2.17 bits per heavy atom. The highest BCUT2D eigenvalue weighted by Crippen LogP contribution is 2.31. The lowest BCUT2D eigenvalue weighted by molar-refractivity contribution is -0.157. The molecule has 1 aliphatic carbocycles. The van der Waals surface area contributed by atoms with Gasteiger partial charge in [0.2, 0.25) is 0 Å². The summed E-state index contributed by atoms with van der Waals surface area (Å²) in [6, 6.07) is 0. The maximum absolute atomic E-state index is 12.3. The Hall–Kier alpha value is -0.790. The molecule has 0 aromatic rings. The third-order valence-electron chi connectivity index (χ3n) is 3.52. The fraction of sp³-hybridized carbons (Fsp3) is 0.812. The van der Waals surface area contributed by atoms with Gasteiger partial charge in [0.05, 0.1) is 5.92 Å². The van der Waals surface area contributed by atoms with Crippen molar-refractivity contribution >= 4 is 5.97 Å². The van der Waals surface area contributed by atoms with E-state index in [1.54, 1.807) is 0 Å². The topological polar surface area (TPSA) is 26.3 Å². The van der Waals surface area contributed by atoms with Crippen molar-refractivity contribution in [2.24, 2.45) is 11.3 Å². The second kappa shape index (κ2) is 6.40. The molecular formula is C16H28O2. The van der Waals surface area contributed by atoms with Crippen LogP contribution in [0.1, 0.15) is 66.7 Å². The fourth-order valence-electron chi connectivity index (χ4n) is 2.43. The zero-order valence-electron chi connectivity index (χ0n) is 12.6. The van der Waals surface area contributed by atoms with Crippen LogP contribution in [0.15, 0.2) is 11.6 Å². The number of carbonyl (C=O) groups is 1. The van der Waals surface area contributed by atoms with E-state index in [9.17, 15) is 4.79 Å². The van der Waals surface area contributed by atoms with Crippen molar-refractivity contribution in [3.63, 3.8) is 0 Å². The molecule has 0 aromatic carbocycles. The zero-order valence-corrected chi connectivity index (χ0v) is 12.6. The van der Waals surface area contributed by atoms with Gasteiger partial charge in [0.1, 0.15) is 6.10 Å². The maximum Gasteiger partial charge on any atom is 0.313 e. The highest BCUT2D eigenvalue weighted by atomic mass is 16.5. The average molecular weight is 252 g/mol. The van der Waals surface area contributed by atoms with Crippen LogP contribution in [-0.4, -0.2) is 12.1 Å². The van der Waals surface area contributed by atoms with Crippen LogP contribution in [0.4, 0.5) is 0 Å². The highest BCUT2D eigenvalue weighted by molar-refractivity contribution is 5.75. The summed E-state index contributed by atoms with van der Waals surface area (Å²) >= 11 is 0. The van der Waals surface area contributed by atoms with Gasteiger partial charge in [-0.3, -0.25) is 4.79 Å². The summed E-state index contributed by atoms with van der Waals surface area (Å²) in [5, 5.41) is 0. The Bertz CT molecular complexity index is 300. The van der Waals surface area contributed by atoms with Crippen LogP contribution >= 0.6 is 0 Å². The molecule has 0 heterocycles. The van der Waals surface area contributed by atoms with Gasteiger partial charge in [-0.1, -0.05) is 38.8 Å². The Labute approximate surface area is 112 Å². The number of hydrogen-bond donors (Lipinski definition) is 0. The van der Waals surface area contributed by atoms with E-state index in [2.05, 4.69) is 20.8 Å². The minimum Gasteiger partial charge on any atom is -0.462 e. The Morgan fingerprint density at radius 1 is 1.17 bits per heavy atom. The lowest BCUT2D eigenvalue weighted by Crippen LogP contribution is -2.32. The minimum atomic E-state index is -0.135. The second-order valence-electron chi connectivity index (χ2n) is 6.78. The number of esters is 1. The first-order chi connectivity index (χ1) is 8.30. The van der Waals surface area contributed by atoms with E-state index in [4.69, 9.17) is 4.74 Å². The summed E-state index contributed by atoms with van der Waals surface area (Å²) in [7, 11) is 0. The van der Waals surface area contributed by atoms with E-state index < -0.39 is 0 Å². The van der Waals surface area contributed by atoms with Gasteiger partial charge in [-0.05, 0) is 44.9 Å². The monoisotopic (exact) mass is 252 g/mol. The fourth-order valence-corrected chi connectivity index (χ4v) is 2.43. The molecule has 2 nitrogen and oxygen atoms in total. The quantitative estimate of drug-likeness (QED) is 0.546. The van der Waals surface area contributed by atoms with E-state index in [-0.39, 0.29) is 23.4 Å². The summed E-state index contributed by atoms with van der Waals surface area (Å²) in [4.78, 5) is 12.3. The van der Waals surface area contributed by atoms with Crippen molar-refractivity contribution in [2.45, 2.75) is 72.8 Å². The Morgan fingerprint density at radius 2 is 1.72 bits per heavy atom. The van der Waals surface area contributed by atoms with Gasteiger partial charge >= 0.3 is 5.97 Å². The third-order valence-corrected chi connectivity index (χ3v) is 3.52. The normalized spacial score (nSPS) is 19.2. The first-order valence-electron chi connectivity index (χ1n) is 7.16. The molecule has 2 heteroatoms. The number of hydrogen-bond acceptors (Lipinski definition) is 2. The van der Waals surface area contributed by atoms with Crippen molar-refractivity contribution < 1.29 is 9.53 Å². The number of carbonyl (C=O) groups excluding carboxylic acids is 1. The molecule has 1 atom stereocenters. The summed E-state index contributed by atoms with van der Waals surface area (Å²) in [6.45, 7) is 10.4. The van der Waals surface area contributed by atoms with E-state index in [1.165, 1.54) is 24.8 Å². The molecule has 0 aliphatic heterocycles. The van der Waals surface area contributed by atoms with Crippen LogP contribution < -0.4 is 0 Å². The Kier molecular flexibility index (Phi) is 5.43. The molecule has 0 radical (unpaired) electrons. The zero-order chi connectivity index (χ0) is 13.8. The van der Waals surface area contributed by atoms with Gasteiger partial charge in [-0.15, -0.1) is 0 Å². The molecule has 0 saturated heterocycles. The molecule has 1 fully saturated rings. The van der Waals surface area contributed by atoms with E-state index in [0.29, 0.717) is 0 Å². The van der Waals surface area contributed by atoms with E-state index in [1.807, 2.05) is 19.9 Å². The lowest BCUT2D eigenvalue weighted by Gasteiger charge is -2.30. The molecule has 18 heavy (non-hydrogen) atoms. The summed E-state index contributed by atoms with van der Waals surface area (Å²) in [6.07, 6.45) is 7.95. The molecule has 1 unspecified atom stereocenters. The molecule has 0 amide bonds. The van der Waals surface area contributed by atoms with Crippen molar-refractivity contribution in [1.29, 1.82) is 0 Å². The minimum absolute atomic E-state index is 0.0457. The van der Waals surface area contributed by atoms with Crippen LogP contribution in [0.2, 0.25) is 0 Å². The van der Waals surface area contributed by atoms with Crippen molar-refractivity contribution in [1.82, 2.24) is 0 Å². The van der Waals surface area contributed by atoms with Gasteiger partial charge in [0.25, 0.3) is 0 Å². The lowest BCUT2D eigenvalue weighted by atomic mass is 9.79. The summed E-state index contributed by atoms with van der Waals surface area (Å²) < 4.78 is 5.70. The largest absolute Gasteiger partial charge is 0.462 e. The number of rotatable bonds is 3. The van der Waals surface area contributed by atoms with Crippen LogP contribution in [0.3, 0.4) is 0 Å². The Balaban J connectivity index is 2.67. The van der Waals surface area contributed by atoms with Crippen molar-refractivity contribution in [3.8, 4) is 0 Å². The first kappa shape index (κ1) is 15.3. The summed E-state index contributed by atoms with van der Waals surface area (Å²) in [5.41, 5.74) is 1.10. The maximum atomic E-state index is 12.3. The van der Waals surface area contributed by atoms with Crippen molar-refractivity contribution in [2.75, 3.05) is 0 Å². The molecule has 104 valence electrons. The molecular weight excluding hydrogens is 224 g/mol. The van der Waals surface area contributed by atoms with Crippen LogP contribution in [0.25, 0.3) is 0 Å². The van der Waals surface area contributed by atoms with Crippen LogP contribution in [0.5, 0.6) is 0 Å². The molecule has 0 bridgehead atoms. The van der Waals surface area contributed by atoms with E-state index in [0.717, 1.165) is 12.8 Å². The molecule has 1 rings (SSSR count). The SMILES string of the molecule is CC(C)=CC(C(=O)OC1CCCCC1)C(C)(C)C. The molecule has 1 aliphatic rings. The molecule has 0 aromatic heterocycles. The van der Waals surface area contributed by atoms with Gasteiger partial charge < -0.3 is 4.74 Å². The molecule has 0 spiro atoms. The van der Waals surface area contributed by atoms with Crippen molar-refractivity contribution in [3.05, 3.63) is 11.6 Å². The number of allylic oxidation sites excluding steroid dienone is 1. The number of ether oxygens (including phenoxy) is 1. The third kappa shape index (κ3) is 4.83. The molecule has 0 N–H and O–H groups in total. The predicted octanol–water partition coefficient (Wildman–Crippen LogP) is 4.49. The van der Waals surface area contributed by atoms with Gasteiger partial charge in [0, 0.05) is 0 Å². The predicted molar refractivity (Wildman–Crippen MR) is 75.3 cm³/mol. The van der Waals surface area contributed by atoms with E-state index >= 15 is 0 Å². The van der Waals surface area contributed by atoms with Gasteiger partial charge in [-0.25, -0.2) is 0 Å². The average Bonchev–Trinajstić information content (AvgIpc) is 2.25. The smallest absolute Gasteiger partial charge is 0.313 e. The van der Waals surface area contributed by atoms with Gasteiger partial charge in [-0.2, -0.15) is 0 Å². The summed E-state index contributed by atoms with van der Waals surface area (Å²) in [5.74, 6) is -0.181.